The van der Waals surface area contributed by atoms with Crippen LogP contribution in [0.2, 0.25) is 0 Å². The van der Waals surface area contributed by atoms with E-state index in [0.717, 1.165) is 24.3 Å². The molecule has 2 rings (SSSR count). The molecule has 1 heterocycles. The Labute approximate surface area is 89.9 Å². The molecule has 1 aliphatic rings. The maximum atomic E-state index is 12.8. The van der Waals surface area contributed by atoms with Crippen molar-refractivity contribution in [3.63, 3.8) is 0 Å². The minimum atomic E-state index is -0.169. The Balaban J connectivity index is 1.92. The number of hydrogen-bond donors (Lipinski definition) is 2. The smallest absolute Gasteiger partial charge is 0.123 e. The number of hydrogen-bond acceptors (Lipinski definition) is 2. The number of rotatable bonds is 3. The number of aryl methyl sites for hydroxylation is 1. The van der Waals surface area contributed by atoms with E-state index < -0.39 is 0 Å². The lowest BCUT2D eigenvalue weighted by atomic mass is 10.1. The van der Waals surface area contributed by atoms with E-state index in [0.29, 0.717) is 6.04 Å². The van der Waals surface area contributed by atoms with E-state index in [-0.39, 0.29) is 5.82 Å². The summed E-state index contributed by atoms with van der Waals surface area (Å²) in [5.41, 5.74) is 2.00. The molecule has 0 aromatic heterocycles. The van der Waals surface area contributed by atoms with Gasteiger partial charge in [0.25, 0.3) is 0 Å². The molecule has 1 atom stereocenters. The van der Waals surface area contributed by atoms with E-state index in [9.17, 15) is 4.39 Å². The predicted molar refractivity (Wildman–Crippen MR) is 60.7 cm³/mol. The molecule has 0 saturated carbocycles. The fraction of sp³-hybridized carbons (Fsp3) is 0.500. The molecule has 0 aliphatic carbocycles. The summed E-state index contributed by atoms with van der Waals surface area (Å²) in [6.45, 7) is 3.97. The van der Waals surface area contributed by atoms with Gasteiger partial charge in [0.05, 0.1) is 0 Å². The molecule has 3 heteroatoms. The Kier molecular flexibility index (Phi) is 3.21. The quantitative estimate of drug-likeness (QED) is 0.796. The van der Waals surface area contributed by atoms with Gasteiger partial charge < -0.3 is 10.6 Å². The second-order valence-electron chi connectivity index (χ2n) is 4.13. The van der Waals surface area contributed by atoms with Crippen LogP contribution in [-0.2, 0) is 0 Å². The summed E-state index contributed by atoms with van der Waals surface area (Å²) in [6, 6.07) is 5.43. The van der Waals surface area contributed by atoms with Crippen molar-refractivity contribution in [1.82, 2.24) is 5.32 Å². The number of nitrogens with one attached hydrogen (secondary N) is 2. The van der Waals surface area contributed by atoms with Crippen molar-refractivity contribution in [1.29, 1.82) is 0 Å². The van der Waals surface area contributed by atoms with Crippen LogP contribution in [0.5, 0.6) is 0 Å². The lowest BCUT2D eigenvalue weighted by Crippen LogP contribution is -2.29. The first-order valence-electron chi connectivity index (χ1n) is 5.49. The second-order valence-corrected chi connectivity index (χ2v) is 4.13. The predicted octanol–water partition coefficient (Wildman–Crippen LogP) is 2.30. The average molecular weight is 208 g/mol. The van der Waals surface area contributed by atoms with Crippen molar-refractivity contribution in [2.45, 2.75) is 25.8 Å². The van der Waals surface area contributed by atoms with E-state index in [1.54, 1.807) is 12.1 Å². The fourth-order valence-corrected chi connectivity index (χ4v) is 1.99. The van der Waals surface area contributed by atoms with Gasteiger partial charge in [-0.05, 0) is 50.1 Å². The van der Waals surface area contributed by atoms with Crippen LogP contribution >= 0.6 is 0 Å². The van der Waals surface area contributed by atoms with Gasteiger partial charge in [0.1, 0.15) is 5.82 Å². The summed E-state index contributed by atoms with van der Waals surface area (Å²) in [6.07, 6.45) is 2.49. The van der Waals surface area contributed by atoms with Crippen LogP contribution < -0.4 is 10.6 Å². The van der Waals surface area contributed by atoms with Crippen molar-refractivity contribution in [2.24, 2.45) is 0 Å². The molecule has 0 radical (unpaired) electrons. The van der Waals surface area contributed by atoms with Gasteiger partial charge in [-0.25, -0.2) is 4.39 Å². The molecule has 1 aliphatic heterocycles. The SMILES string of the molecule is Cc1cc(F)ccc1NCC1CCCN1. The van der Waals surface area contributed by atoms with Crippen LogP contribution in [-0.4, -0.2) is 19.1 Å². The molecule has 82 valence electrons. The average Bonchev–Trinajstić information content (AvgIpc) is 2.69. The standard InChI is InChI=1S/C12H17FN2/c1-9-7-10(13)4-5-12(9)15-8-11-3-2-6-14-11/h4-5,7,11,14-15H,2-3,6,8H2,1H3. The molecule has 1 saturated heterocycles. The van der Waals surface area contributed by atoms with E-state index in [1.165, 1.54) is 18.9 Å². The summed E-state index contributed by atoms with van der Waals surface area (Å²) in [5.74, 6) is -0.169. The first-order valence-corrected chi connectivity index (χ1v) is 5.49. The van der Waals surface area contributed by atoms with Gasteiger partial charge >= 0.3 is 0 Å². The van der Waals surface area contributed by atoms with Gasteiger partial charge in [0.15, 0.2) is 0 Å². The summed E-state index contributed by atoms with van der Waals surface area (Å²) in [5, 5.41) is 6.77. The maximum Gasteiger partial charge on any atom is 0.123 e. The van der Waals surface area contributed by atoms with E-state index in [1.807, 2.05) is 6.92 Å². The van der Waals surface area contributed by atoms with Gasteiger partial charge in [-0.2, -0.15) is 0 Å². The molecule has 1 unspecified atom stereocenters. The minimum Gasteiger partial charge on any atom is -0.383 e. The zero-order chi connectivity index (χ0) is 10.7. The topological polar surface area (TPSA) is 24.1 Å². The Morgan fingerprint density at radius 2 is 2.40 bits per heavy atom. The largest absolute Gasteiger partial charge is 0.383 e. The van der Waals surface area contributed by atoms with Gasteiger partial charge in [0, 0.05) is 18.3 Å². The van der Waals surface area contributed by atoms with E-state index in [2.05, 4.69) is 10.6 Å². The highest BCUT2D eigenvalue weighted by Crippen LogP contribution is 2.16. The third kappa shape index (κ3) is 2.69. The maximum absolute atomic E-state index is 12.8. The van der Waals surface area contributed by atoms with Gasteiger partial charge in [-0.15, -0.1) is 0 Å². The van der Waals surface area contributed by atoms with Crippen LogP contribution in [0, 0.1) is 12.7 Å². The van der Waals surface area contributed by atoms with Crippen molar-refractivity contribution < 1.29 is 4.39 Å². The van der Waals surface area contributed by atoms with Crippen LogP contribution in [0.1, 0.15) is 18.4 Å². The van der Waals surface area contributed by atoms with Gasteiger partial charge in [-0.1, -0.05) is 0 Å². The summed E-state index contributed by atoms with van der Waals surface area (Å²) < 4.78 is 12.8. The van der Waals surface area contributed by atoms with Crippen molar-refractivity contribution >= 4 is 5.69 Å². The van der Waals surface area contributed by atoms with Crippen LogP contribution in [0.15, 0.2) is 18.2 Å². The van der Waals surface area contributed by atoms with Crippen molar-refractivity contribution in [2.75, 3.05) is 18.4 Å². The lowest BCUT2D eigenvalue weighted by Gasteiger charge is -2.14. The zero-order valence-electron chi connectivity index (χ0n) is 9.02. The van der Waals surface area contributed by atoms with Crippen LogP contribution in [0.25, 0.3) is 0 Å². The highest BCUT2D eigenvalue weighted by Gasteiger charge is 2.13. The van der Waals surface area contributed by atoms with E-state index >= 15 is 0 Å². The molecule has 1 aromatic rings. The third-order valence-electron chi connectivity index (χ3n) is 2.89. The zero-order valence-corrected chi connectivity index (χ0v) is 9.02. The van der Waals surface area contributed by atoms with Gasteiger partial charge in [0.2, 0.25) is 0 Å². The Morgan fingerprint density at radius 3 is 3.07 bits per heavy atom. The first-order chi connectivity index (χ1) is 7.25. The molecule has 1 aromatic carbocycles. The summed E-state index contributed by atoms with van der Waals surface area (Å²) in [4.78, 5) is 0. The molecule has 0 spiro atoms. The fourth-order valence-electron chi connectivity index (χ4n) is 1.99. The second kappa shape index (κ2) is 4.62. The van der Waals surface area contributed by atoms with Gasteiger partial charge in [-0.3, -0.25) is 0 Å². The lowest BCUT2D eigenvalue weighted by molar-refractivity contribution is 0.624. The molecular formula is C12H17FN2. The Morgan fingerprint density at radius 1 is 1.53 bits per heavy atom. The summed E-state index contributed by atoms with van der Waals surface area (Å²) >= 11 is 0. The molecule has 2 nitrogen and oxygen atoms in total. The monoisotopic (exact) mass is 208 g/mol. The van der Waals surface area contributed by atoms with Crippen molar-refractivity contribution in [3.8, 4) is 0 Å². The molecular weight excluding hydrogens is 191 g/mol. The van der Waals surface area contributed by atoms with Crippen LogP contribution in [0.4, 0.5) is 10.1 Å². The first kappa shape index (κ1) is 10.4. The molecule has 0 bridgehead atoms. The molecule has 1 fully saturated rings. The third-order valence-corrected chi connectivity index (χ3v) is 2.89. The number of halogens is 1. The van der Waals surface area contributed by atoms with Crippen LogP contribution in [0.3, 0.4) is 0 Å². The van der Waals surface area contributed by atoms with Crippen molar-refractivity contribution in [3.05, 3.63) is 29.6 Å². The molecule has 0 amide bonds. The van der Waals surface area contributed by atoms with E-state index in [4.69, 9.17) is 0 Å². The molecule has 15 heavy (non-hydrogen) atoms. The summed E-state index contributed by atoms with van der Waals surface area (Å²) in [7, 11) is 0. The Hall–Kier alpha value is -1.09. The number of anilines is 1. The molecule has 2 N–H and O–H groups in total. The highest BCUT2D eigenvalue weighted by molar-refractivity contribution is 5.50. The number of benzene rings is 1. The highest BCUT2D eigenvalue weighted by atomic mass is 19.1. The Bertz CT molecular complexity index is 332. The normalized spacial score (nSPS) is 20.5. The minimum absolute atomic E-state index is 0.169.